The van der Waals surface area contributed by atoms with Gasteiger partial charge in [0.25, 0.3) is 0 Å². The molecule has 8 heavy (non-hydrogen) atoms. The Kier molecular flexibility index (Phi) is 32.4. The Morgan fingerprint density at radius 1 is 1.38 bits per heavy atom. The Labute approximate surface area is 91.9 Å². The average molecular weight is 260 g/mol. The Balaban J connectivity index is -0.0000000575. The molecule has 7 heteroatoms. The summed E-state index contributed by atoms with van der Waals surface area (Å²) in [6.45, 7) is 0. The van der Waals surface area contributed by atoms with Crippen molar-refractivity contribution in [2.45, 2.75) is 0 Å². The van der Waals surface area contributed by atoms with Gasteiger partial charge in [-0.25, -0.2) is 0 Å². The SMILES string of the molecule is O=C([O-])[O-].[Ca+2].[S]=[Mo]=[S]. The molecule has 0 bridgehead atoms. The molecule has 0 aliphatic heterocycles. The minimum atomic E-state index is -2.33. The van der Waals surface area contributed by atoms with Crippen molar-refractivity contribution < 1.29 is 29.9 Å². The van der Waals surface area contributed by atoms with Gasteiger partial charge in [-0.15, -0.1) is 0 Å². The molecule has 0 rings (SSSR count). The molecule has 0 amide bonds. The second-order valence-electron chi connectivity index (χ2n) is 0.318. The van der Waals surface area contributed by atoms with Crippen LogP contribution in [0.4, 0.5) is 4.79 Å². The summed E-state index contributed by atoms with van der Waals surface area (Å²) in [5, 5.41) is 16.7. The summed E-state index contributed by atoms with van der Waals surface area (Å²) in [5.41, 5.74) is 0. The van der Waals surface area contributed by atoms with Crippen LogP contribution in [-0.2, 0) is 14.9 Å². The van der Waals surface area contributed by atoms with E-state index >= 15 is 0 Å². The maximum absolute atomic E-state index is 8.33. The Morgan fingerprint density at radius 3 is 1.38 bits per heavy atom. The van der Waals surface area contributed by atoms with Gasteiger partial charge in [-0.1, -0.05) is 0 Å². The molecule has 0 radical (unpaired) electrons. The fourth-order valence-corrected chi connectivity index (χ4v) is 0. The van der Waals surface area contributed by atoms with E-state index in [9.17, 15) is 0 Å². The second-order valence-corrected chi connectivity index (χ2v) is 3.87. The van der Waals surface area contributed by atoms with Crippen molar-refractivity contribution in [1.82, 2.24) is 0 Å². The van der Waals surface area contributed by atoms with E-state index in [1.165, 1.54) is 0 Å². The summed E-state index contributed by atoms with van der Waals surface area (Å²) in [4.78, 5) is 8.33. The number of hydrogen-bond donors (Lipinski definition) is 0. The Hall–Kier alpha value is 1.66. The van der Waals surface area contributed by atoms with Crippen molar-refractivity contribution in [2.75, 3.05) is 0 Å². The predicted octanol–water partition coefficient (Wildman–Crippen LogP) is -1.53. The number of carbonyl (C=O) groups excluding carboxylic acids is 1. The molecule has 0 unspecified atom stereocenters. The van der Waals surface area contributed by atoms with Gasteiger partial charge in [-0.2, -0.15) is 0 Å². The molecule has 0 spiro atoms. The molecule has 0 atom stereocenters. The van der Waals surface area contributed by atoms with Gasteiger partial charge < -0.3 is 15.0 Å². The minimum absolute atomic E-state index is 0. The van der Waals surface area contributed by atoms with E-state index < -0.39 is 6.16 Å². The van der Waals surface area contributed by atoms with Gasteiger partial charge in [0.15, 0.2) is 0 Å². The van der Waals surface area contributed by atoms with Gasteiger partial charge in [0.05, 0.1) is 0 Å². The first kappa shape index (κ1) is 16.3. The normalized spacial score (nSPS) is 4.50. The molecule has 0 saturated carbocycles. The van der Waals surface area contributed by atoms with Gasteiger partial charge in [-0.3, -0.25) is 0 Å². The molecule has 3 nitrogen and oxygen atoms in total. The van der Waals surface area contributed by atoms with Crippen LogP contribution in [0.15, 0.2) is 0 Å². The van der Waals surface area contributed by atoms with E-state index in [4.69, 9.17) is 15.0 Å². The molecular formula is CCaMoO3S2. The zero-order chi connectivity index (χ0) is 6.28. The quantitative estimate of drug-likeness (QED) is 0.494. The fraction of sp³-hybridized carbons (Fsp3) is 0. The van der Waals surface area contributed by atoms with E-state index in [1.54, 1.807) is 0 Å². The van der Waals surface area contributed by atoms with E-state index in [0.717, 1.165) is 0 Å². The van der Waals surface area contributed by atoms with Gasteiger partial charge in [0, 0.05) is 0 Å². The summed E-state index contributed by atoms with van der Waals surface area (Å²) in [6, 6.07) is 0. The topological polar surface area (TPSA) is 63.2 Å². The van der Waals surface area contributed by atoms with Crippen LogP contribution in [0.5, 0.6) is 0 Å². The molecule has 0 aromatic rings. The van der Waals surface area contributed by atoms with Crippen LogP contribution in [0.1, 0.15) is 0 Å². The third-order valence-electron chi connectivity index (χ3n) is 0. The number of hydrogen-bond acceptors (Lipinski definition) is 5. The van der Waals surface area contributed by atoms with Gasteiger partial charge in [-0.05, 0) is 6.16 Å². The van der Waals surface area contributed by atoms with E-state index in [-0.39, 0.29) is 52.7 Å². The molecule has 0 heterocycles. The van der Waals surface area contributed by atoms with Crippen molar-refractivity contribution in [2.24, 2.45) is 0 Å². The van der Waals surface area contributed by atoms with Crippen molar-refractivity contribution in [1.29, 1.82) is 0 Å². The first-order valence-corrected chi connectivity index (χ1v) is 6.53. The third kappa shape index (κ3) is 123. The number of carbonyl (C=O) groups is 1. The molecule has 0 saturated heterocycles. The number of carboxylic acid groups (broad SMARTS) is 2. The van der Waals surface area contributed by atoms with Gasteiger partial charge in [0.2, 0.25) is 0 Å². The fourth-order valence-electron chi connectivity index (χ4n) is 0. The van der Waals surface area contributed by atoms with Crippen LogP contribution in [0.25, 0.3) is 0 Å². The summed E-state index contributed by atoms with van der Waals surface area (Å²) in [7, 11) is 8.68. The first-order chi connectivity index (χ1) is 3.15. The van der Waals surface area contributed by atoms with Crippen molar-refractivity contribution in [3.63, 3.8) is 0 Å². The summed E-state index contributed by atoms with van der Waals surface area (Å²) < 4.78 is 0. The standard InChI is InChI=1S/CH2O3.Ca.Mo.2S/c2-1(3)4;;;;/h(H2,2,3,4);;;;/q;+2;;;/p-2. The molecule has 0 fully saturated rings. The van der Waals surface area contributed by atoms with Crippen LogP contribution in [0.3, 0.4) is 0 Å². The van der Waals surface area contributed by atoms with Crippen LogP contribution in [0, 0.1) is 0 Å². The van der Waals surface area contributed by atoms with Gasteiger partial charge >= 0.3 is 72.3 Å². The molecular weight excluding hydrogens is 260 g/mol. The monoisotopic (exact) mass is 262 g/mol. The van der Waals surface area contributed by atoms with E-state index in [2.05, 4.69) is 19.6 Å². The summed E-state index contributed by atoms with van der Waals surface area (Å²) in [6.07, 6.45) is -2.33. The summed E-state index contributed by atoms with van der Waals surface area (Å²) >= 11 is -0.363. The molecule has 42 valence electrons. The summed E-state index contributed by atoms with van der Waals surface area (Å²) in [5.74, 6) is 0. The van der Waals surface area contributed by atoms with Crippen molar-refractivity contribution in [3.05, 3.63) is 0 Å². The third-order valence-corrected chi connectivity index (χ3v) is 0. The van der Waals surface area contributed by atoms with Crippen molar-refractivity contribution in [3.8, 4) is 0 Å². The first-order valence-electron chi connectivity index (χ1n) is 0.946. The zero-order valence-electron chi connectivity index (χ0n) is 3.66. The second kappa shape index (κ2) is 15.9. The molecule has 0 N–H and O–H groups in total. The van der Waals surface area contributed by atoms with E-state index in [0.29, 0.717) is 0 Å². The Bertz CT molecular complexity index is 85.3. The van der Waals surface area contributed by atoms with Gasteiger partial charge in [0.1, 0.15) is 0 Å². The van der Waals surface area contributed by atoms with Crippen LogP contribution in [0.2, 0.25) is 0 Å². The molecule has 0 aliphatic rings. The zero-order valence-corrected chi connectivity index (χ0v) is 9.50. The Morgan fingerprint density at radius 2 is 1.38 bits per heavy atom. The van der Waals surface area contributed by atoms with Crippen molar-refractivity contribution >= 4 is 63.5 Å². The molecule has 0 aromatic carbocycles. The maximum atomic E-state index is 8.33. The van der Waals surface area contributed by atoms with E-state index in [1.807, 2.05) is 0 Å². The number of rotatable bonds is 0. The molecule has 0 aliphatic carbocycles. The molecule has 0 aromatic heterocycles. The van der Waals surface area contributed by atoms with Crippen LogP contribution >= 0.6 is 19.6 Å². The average Bonchev–Trinajstić information content (AvgIpc) is 1.33. The predicted molar refractivity (Wildman–Crippen MR) is 26.3 cm³/mol. The van der Waals surface area contributed by atoms with Crippen LogP contribution < -0.4 is 10.2 Å². The van der Waals surface area contributed by atoms with Crippen LogP contribution in [-0.4, -0.2) is 43.9 Å².